The number of rotatable bonds is 3. The summed E-state index contributed by atoms with van der Waals surface area (Å²) in [5, 5.41) is 11.9. The fourth-order valence-electron chi connectivity index (χ4n) is 0.959. The minimum Gasteiger partial charge on any atom is -0.478 e. The molecule has 0 radical (unpaired) electrons. The smallest absolute Gasteiger partial charge is 0.339 e. The predicted molar refractivity (Wildman–Crippen MR) is 58.1 cm³/mol. The Hall–Kier alpha value is -1.73. The molecule has 5 heteroatoms. The number of anilines is 1. The summed E-state index contributed by atoms with van der Waals surface area (Å²) >= 11 is 5.65. The second kappa shape index (κ2) is 5.23. The fourth-order valence-corrected chi connectivity index (χ4v) is 1.11. The van der Waals surface area contributed by atoms with Crippen LogP contribution in [-0.2, 0) is 0 Å². The number of pyridine rings is 1. The number of hydrogen-bond donors (Lipinski definition) is 2. The molecule has 1 rings (SSSR count). The van der Waals surface area contributed by atoms with Crippen LogP contribution in [0.2, 0.25) is 5.15 Å². The minimum absolute atomic E-state index is 0.0808. The lowest BCUT2D eigenvalue weighted by molar-refractivity contribution is 0.0697. The van der Waals surface area contributed by atoms with Crippen molar-refractivity contribution in [2.75, 3.05) is 11.9 Å². The van der Waals surface area contributed by atoms with Gasteiger partial charge in [0.2, 0.25) is 0 Å². The molecule has 1 heterocycles. The summed E-state index contributed by atoms with van der Waals surface area (Å²) in [5.74, 6) is 4.61. The lowest BCUT2D eigenvalue weighted by Crippen LogP contribution is -2.08. The fraction of sp³-hybridized carbons (Fsp3) is 0.200. The molecular formula is C10H9ClN2O2. The summed E-state index contributed by atoms with van der Waals surface area (Å²) < 4.78 is 0. The van der Waals surface area contributed by atoms with Gasteiger partial charge in [0.15, 0.2) is 0 Å². The zero-order valence-electron chi connectivity index (χ0n) is 8.04. The van der Waals surface area contributed by atoms with Crippen LogP contribution in [0.15, 0.2) is 12.1 Å². The molecule has 2 N–H and O–H groups in total. The molecule has 0 atom stereocenters. The molecule has 15 heavy (non-hydrogen) atoms. The minimum atomic E-state index is -1.05. The van der Waals surface area contributed by atoms with Crippen molar-refractivity contribution < 1.29 is 9.90 Å². The van der Waals surface area contributed by atoms with Crippen molar-refractivity contribution in [3.05, 3.63) is 22.8 Å². The van der Waals surface area contributed by atoms with Gasteiger partial charge in [0.1, 0.15) is 16.5 Å². The first-order valence-electron chi connectivity index (χ1n) is 4.18. The van der Waals surface area contributed by atoms with Crippen LogP contribution in [0.1, 0.15) is 17.3 Å². The average molecular weight is 225 g/mol. The Labute approximate surface area is 92.3 Å². The van der Waals surface area contributed by atoms with Gasteiger partial charge in [-0.15, -0.1) is 5.92 Å². The van der Waals surface area contributed by atoms with E-state index in [9.17, 15) is 4.79 Å². The Morgan fingerprint density at radius 1 is 1.67 bits per heavy atom. The number of nitrogens with one attached hydrogen (secondary N) is 1. The second-order valence-electron chi connectivity index (χ2n) is 2.62. The lowest BCUT2D eigenvalue weighted by atomic mass is 10.2. The van der Waals surface area contributed by atoms with Crippen molar-refractivity contribution in [1.29, 1.82) is 0 Å². The van der Waals surface area contributed by atoms with Gasteiger partial charge in [-0.1, -0.05) is 17.5 Å². The predicted octanol–water partition coefficient (Wildman–Crippen LogP) is 1.87. The molecule has 0 saturated heterocycles. The van der Waals surface area contributed by atoms with Gasteiger partial charge >= 0.3 is 5.97 Å². The highest BCUT2D eigenvalue weighted by molar-refractivity contribution is 6.29. The van der Waals surface area contributed by atoms with Crippen LogP contribution >= 0.6 is 11.6 Å². The maximum Gasteiger partial charge on any atom is 0.339 e. The van der Waals surface area contributed by atoms with Crippen LogP contribution in [0.5, 0.6) is 0 Å². The molecule has 1 aromatic rings. The van der Waals surface area contributed by atoms with E-state index >= 15 is 0 Å². The topological polar surface area (TPSA) is 62.2 Å². The Morgan fingerprint density at radius 2 is 2.40 bits per heavy atom. The van der Waals surface area contributed by atoms with Crippen molar-refractivity contribution in [1.82, 2.24) is 4.98 Å². The molecule has 0 saturated carbocycles. The Morgan fingerprint density at radius 3 is 3.00 bits per heavy atom. The van der Waals surface area contributed by atoms with Gasteiger partial charge in [-0.2, -0.15) is 0 Å². The summed E-state index contributed by atoms with van der Waals surface area (Å²) in [6.45, 7) is 2.04. The molecule has 78 valence electrons. The Bertz CT molecular complexity index is 435. The summed E-state index contributed by atoms with van der Waals surface area (Å²) in [6, 6.07) is 2.83. The maximum atomic E-state index is 10.8. The van der Waals surface area contributed by atoms with Gasteiger partial charge in [-0.05, 0) is 19.1 Å². The van der Waals surface area contributed by atoms with Crippen molar-refractivity contribution in [2.45, 2.75) is 6.92 Å². The maximum absolute atomic E-state index is 10.8. The van der Waals surface area contributed by atoms with E-state index in [0.29, 0.717) is 6.54 Å². The molecule has 4 nitrogen and oxygen atoms in total. The van der Waals surface area contributed by atoms with E-state index in [4.69, 9.17) is 16.7 Å². The monoisotopic (exact) mass is 224 g/mol. The van der Waals surface area contributed by atoms with Crippen LogP contribution in [0.3, 0.4) is 0 Å². The van der Waals surface area contributed by atoms with Crippen molar-refractivity contribution in [3.63, 3.8) is 0 Å². The van der Waals surface area contributed by atoms with Crippen LogP contribution in [0.25, 0.3) is 0 Å². The molecule has 0 bridgehead atoms. The molecule has 0 fully saturated rings. The quantitative estimate of drug-likeness (QED) is 0.608. The SMILES string of the molecule is CC#CCNc1nc(Cl)ccc1C(=O)O. The van der Waals surface area contributed by atoms with E-state index < -0.39 is 5.97 Å². The van der Waals surface area contributed by atoms with E-state index in [2.05, 4.69) is 22.1 Å². The number of carboxylic acids is 1. The molecule has 0 aliphatic rings. The van der Waals surface area contributed by atoms with E-state index in [1.807, 2.05) is 0 Å². The third-order valence-corrected chi connectivity index (χ3v) is 1.82. The first kappa shape index (κ1) is 11.3. The third-order valence-electron chi connectivity index (χ3n) is 1.61. The normalized spacial score (nSPS) is 8.93. The highest BCUT2D eigenvalue weighted by Gasteiger charge is 2.10. The first-order valence-corrected chi connectivity index (χ1v) is 4.56. The Balaban J connectivity index is 2.95. The van der Waals surface area contributed by atoms with Crippen LogP contribution in [0, 0.1) is 11.8 Å². The zero-order chi connectivity index (χ0) is 11.3. The number of aromatic carboxylic acids is 1. The third kappa shape index (κ3) is 3.15. The first-order chi connectivity index (χ1) is 7.15. The van der Waals surface area contributed by atoms with Gasteiger partial charge in [0.25, 0.3) is 0 Å². The van der Waals surface area contributed by atoms with E-state index in [-0.39, 0.29) is 16.5 Å². The van der Waals surface area contributed by atoms with Crippen molar-refractivity contribution in [2.24, 2.45) is 0 Å². The molecule has 0 aliphatic heterocycles. The number of carboxylic acid groups (broad SMARTS) is 1. The molecule has 1 aromatic heterocycles. The highest BCUT2D eigenvalue weighted by Crippen LogP contribution is 2.16. The number of carbonyl (C=O) groups is 1. The standard InChI is InChI=1S/C10H9ClN2O2/c1-2-3-6-12-9-7(10(14)15)4-5-8(11)13-9/h4-5H,6H2,1H3,(H,12,13)(H,14,15). The van der Waals surface area contributed by atoms with E-state index in [1.165, 1.54) is 12.1 Å². The second-order valence-corrected chi connectivity index (χ2v) is 3.00. The van der Waals surface area contributed by atoms with Crippen molar-refractivity contribution in [3.8, 4) is 11.8 Å². The van der Waals surface area contributed by atoms with Gasteiger partial charge in [-0.3, -0.25) is 0 Å². The number of aromatic nitrogens is 1. The molecule has 0 aliphatic carbocycles. The van der Waals surface area contributed by atoms with Crippen LogP contribution in [-0.4, -0.2) is 22.6 Å². The molecular weight excluding hydrogens is 216 g/mol. The number of hydrogen-bond acceptors (Lipinski definition) is 3. The molecule has 0 amide bonds. The zero-order valence-corrected chi connectivity index (χ0v) is 8.80. The molecule has 0 unspecified atom stereocenters. The molecule has 0 aromatic carbocycles. The largest absolute Gasteiger partial charge is 0.478 e. The molecule has 0 spiro atoms. The summed E-state index contributed by atoms with van der Waals surface area (Å²) in [7, 11) is 0. The van der Waals surface area contributed by atoms with Gasteiger partial charge in [0, 0.05) is 0 Å². The highest BCUT2D eigenvalue weighted by atomic mass is 35.5. The number of nitrogens with zero attached hydrogens (tertiary/aromatic N) is 1. The lowest BCUT2D eigenvalue weighted by Gasteiger charge is -2.05. The average Bonchev–Trinajstić information content (AvgIpc) is 2.18. The summed E-state index contributed by atoms with van der Waals surface area (Å²) in [4.78, 5) is 14.7. The van der Waals surface area contributed by atoms with Crippen LogP contribution < -0.4 is 5.32 Å². The van der Waals surface area contributed by atoms with Gasteiger partial charge in [0.05, 0.1) is 6.54 Å². The van der Waals surface area contributed by atoms with Crippen molar-refractivity contribution >= 4 is 23.4 Å². The van der Waals surface area contributed by atoms with Gasteiger partial charge in [-0.25, -0.2) is 9.78 Å². The Kier molecular flexibility index (Phi) is 3.95. The number of halogens is 1. The van der Waals surface area contributed by atoms with E-state index in [0.717, 1.165) is 0 Å². The van der Waals surface area contributed by atoms with E-state index in [1.54, 1.807) is 6.92 Å². The summed E-state index contributed by atoms with van der Waals surface area (Å²) in [5.41, 5.74) is 0.0808. The van der Waals surface area contributed by atoms with Crippen LogP contribution in [0.4, 0.5) is 5.82 Å². The summed E-state index contributed by atoms with van der Waals surface area (Å²) in [6.07, 6.45) is 0. The van der Waals surface area contributed by atoms with Gasteiger partial charge < -0.3 is 10.4 Å².